The maximum atomic E-state index is 6.12. The largest absolute Gasteiger partial charge is 0.115 e. The second-order valence-corrected chi connectivity index (χ2v) is 12.1. The van der Waals surface area contributed by atoms with E-state index in [0.717, 1.165) is 67.8 Å². The first-order valence-corrected chi connectivity index (χ1v) is 16.8. The zero-order valence-corrected chi connectivity index (χ0v) is 27.3. The van der Waals surface area contributed by atoms with Crippen LogP contribution in [0.2, 0.25) is 0 Å². The van der Waals surface area contributed by atoms with E-state index in [1.54, 1.807) is 0 Å². The molecule has 5 aromatic rings. The van der Waals surface area contributed by atoms with Crippen LogP contribution in [-0.2, 0) is 12.8 Å². The minimum atomic E-state index is 0.828. The van der Waals surface area contributed by atoms with Crippen LogP contribution in [0.1, 0.15) is 110 Å². The Kier molecular flexibility index (Phi) is 11.4. The van der Waals surface area contributed by atoms with Crippen molar-refractivity contribution in [2.45, 2.75) is 78.1 Å². The van der Waals surface area contributed by atoms with Gasteiger partial charge in [0, 0.05) is 44.2 Å². The average molecular weight is 595 g/mol. The van der Waals surface area contributed by atoms with E-state index in [0.29, 0.717) is 0 Å². The normalized spacial score (nSPS) is 10.4. The number of unbranched alkanes of at least 4 members (excludes halogenated alkanes) is 6. The number of fused-ring (bicyclic) bond motifs is 2. The minimum Gasteiger partial charge on any atom is -0.115 e. The third-order valence-electron chi connectivity index (χ3n) is 8.65. The predicted octanol–water partition coefficient (Wildman–Crippen LogP) is 11.0. The van der Waals surface area contributed by atoms with Gasteiger partial charge < -0.3 is 0 Å². The fraction of sp³-hybridized carbons (Fsp3) is 0.261. The lowest BCUT2D eigenvalue weighted by atomic mass is 9.90. The monoisotopic (exact) mass is 594 g/mol. The maximum Gasteiger partial charge on any atom is 0.0400 e. The van der Waals surface area contributed by atoms with E-state index in [1.165, 1.54) is 62.5 Å². The molecular weight excluding hydrogens is 553 g/mol. The second kappa shape index (κ2) is 16.3. The summed E-state index contributed by atoms with van der Waals surface area (Å²) >= 11 is 0. The van der Waals surface area contributed by atoms with Crippen LogP contribution in [0.25, 0.3) is 21.5 Å². The first kappa shape index (κ1) is 32.3. The molecule has 0 saturated carbocycles. The summed E-state index contributed by atoms with van der Waals surface area (Å²) in [6.45, 7) is 4.49. The van der Waals surface area contributed by atoms with Crippen LogP contribution < -0.4 is 0 Å². The molecule has 0 N–H and O–H groups in total. The van der Waals surface area contributed by atoms with Crippen molar-refractivity contribution in [3.63, 3.8) is 0 Å². The predicted molar refractivity (Wildman–Crippen MR) is 198 cm³/mol. The van der Waals surface area contributed by atoms with Gasteiger partial charge in [0.15, 0.2) is 0 Å². The Hall–Kier alpha value is -5.14. The van der Waals surface area contributed by atoms with Gasteiger partial charge in [-0.3, -0.25) is 0 Å². The Bertz CT molecular complexity index is 1860. The Morgan fingerprint density at radius 3 is 1.15 bits per heavy atom. The van der Waals surface area contributed by atoms with Crippen LogP contribution in [0.3, 0.4) is 0 Å². The highest BCUT2D eigenvalue weighted by atomic mass is 14.1. The van der Waals surface area contributed by atoms with Crippen molar-refractivity contribution in [2.75, 3.05) is 0 Å². The van der Waals surface area contributed by atoms with Crippen molar-refractivity contribution >= 4 is 21.5 Å². The van der Waals surface area contributed by atoms with E-state index in [9.17, 15) is 0 Å². The van der Waals surface area contributed by atoms with Gasteiger partial charge >= 0.3 is 0 Å². The first-order chi connectivity index (χ1) is 22.6. The standard InChI is InChI=1S/C46H42/c1-5-9-11-13-15-35-17-21-37(22-18-35)25-27-39-29-31-43-42(8-4)46-34-40(30-32-44(46)41(7-3)45(43)33-39)28-26-38-23-19-36(20-24-38)16-14-12-10-6-2/h3-4,17-24,29-34H,5-6,9-16H2,1-2H3. The Balaban J connectivity index is 1.39. The summed E-state index contributed by atoms with van der Waals surface area (Å²) in [6.07, 6.45) is 24.7. The van der Waals surface area contributed by atoms with Gasteiger partial charge in [-0.05, 0) is 96.1 Å². The summed E-state index contributed by atoms with van der Waals surface area (Å²) in [7, 11) is 0. The van der Waals surface area contributed by atoms with E-state index in [-0.39, 0.29) is 0 Å². The van der Waals surface area contributed by atoms with Crippen LogP contribution in [0.5, 0.6) is 0 Å². The minimum absolute atomic E-state index is 0.828. The van der Waals surface area contributed by atoms with E-state index in [1.807, 2.05) is 12.1 Å². The molecule has 0 aliphatic heterocycles. The number of hydrogen-bond donors (Lipinski definition) is 0. The van der Waals surface area contributed by atoms with E-state index in [2.05, 4.69) is 122 Å². The second-order valence-electron chi connectivity index (χ2n) is 12.1. The van der Waals surface area contributed by atoms with Crippen LogP contribution >= 0.6 is 0 Å². The van der Waals surface area contributed by atoms with Crippen molar-refractivity contribution in [3.05, 3.63) is 129 Å². The fourth-order valence-electron chi connectivity index (χ4n) is 6.00. The molecule has 0 spiro atoms. The molecule has 0 nitrogen and oxygen atoms in total. The summed E-state index contributed by atoms with van der Waals surface area (Å²) < 4.78 is 0. The molecule has 0 unspecified atom stereocenters. The molecule has 0 heterocycles. The maximum absolute atomic E-state index is 6.12. The molecule has 0 aromatic heterocycles. The third kappa shape index (κ3) is 8.11. The molecule has 0 aliphatic carbocycles. The molecule has 0 amide bonds. The summed E-state index contributed by atoms with van der Waals surface area (Å²) in [6, 6.07) is 29.6. The highest BCUT2D eigenvalue weighted by molar-refractivity contribution is 6.10. The molecular formula is C46H42. The summed E-state index contributed by atoms with van der Waals surface area (Å²) in [5.41, 5.74) is 8.22. The number of aryl methyl sites for hydroxylation is 2. The van der Waals surface area contributed by atoms with Gasteiger partial charge in [0.2, 0.25) is 0 Å². The molecule has 46 heavy (non-hydrogen) atoms. The van der Waals surface area contributed by atoms with Crippen molar-refractivity contribution in [3.8, 4) is 48.4 Å². The fourth-order valence-corrected chi connectivity index (χ4v) is 6.00. The van der Waals surface area contributed by atoms with Gasteiger partial charge in [0.1, 0.15) is 0 Å². The molecule has 0 atom stereocenters. The van der Waals surface area contributed by atoms with E-state index in [4.69, 9.17) is 12.8 Å². The van der Waals surface area contributed by atoms with Gasteiger partial charge in [-0.2, -0.15) is 0 Å². The van der Waals surface area contributed by atoms with Crippen molar-refractivity contribution in [1.82, 2.24) is 0 Å². The van der Waals surface area contributed by atoms with Crippen molar-refractivity contribution < 1.29 is 0 Å². The van der Waals surface area contributed by atoms with Crippen LogP contribution in [0.15, 0.2) is 84.9 Å². The van der Waals surface area contributed by atoms with E-state index < -0.39 is 0 Å². The van der Waals surface area contributed by atoms with Crippen molar-refractivity contribution in [1.29, 1.82) is 0 Å². The molecule has 0 bridgehead atoms. The van der Waals surface area contributed by atoms with Crippen LogP contribution in [-0.4, -0.2) is 0 Å². The lowest BCUT2D eigenvalue weighted by molar-refractivity contribution is 0.667. The molecule has 0 heteroatoms. The molecule has 0 aliphatic rings. The third-order valence-corrected chi connectivity index (χ3v) is 8.65. The molecule has 226 valence electrons. The summed E-state index contributed by atoms with van der Waals surface area (Å²) in [5, 5.41) is 3.82. The Morgan fingerprint density at radius 1 is 0.413 bits per heavy atom. The summed E-state index contributed by atoms with van der Waals surface area (Å²) in [4.78, 5) is 0. The highest BCUT2D eigenvalue weighted by Gasteiger charge is 2.13. The number of terminal acetylenes is 2. The van der Waals surface area contributed by atoms with Gasteiger partial charge in [0.05, 0.1) is 0 Å². The topological polar surface area (TPSA) is 0 Å². The number of hydrogen-bond acceptors (Lipinski definition) is 0. The van der Waals surface area contributed by atoms with Crippen molar-refractivity contribution in [2.24, 2.45) is 0 Å². The lowest BCUT2D eigenvalue weighted by Crippen LogP contribution is -1.92. The van der Waals surface area contributed by atoms with Gasteiger partial charge in [0.25, 0.3) is 0 Å². The molecule has 0 saturated heterocycles. The Morgan fingerprint density at radius 2 is 0.783 bits per heavy atom. The molecule has 5 aromatic carbocycles. The first-order valence-electron chi connectivity index (χ1n) is 16.8. The quantitative estimate of drug-likeness (QED) is 0.0857. The Labute approximate surface area is 276 Å². The average Bonchev–Trinajstić information content (AvgIpc) is 3.10. The van der Waals surface area contributed by atoms with Crippen LogP contribution in [0.4, 0.5) is 0 Å². The van der Waals surface area contributed by atoms with Gasteiger partial charge in [-0.1, -0.05) is 124 Å². The highest BCUT2D eigenvalue weighted by Crippen LogP contribution is 2.33. The summed E-state index contributed by atoms with van der Waals surface area (Å²) in [5.74, 6) is 19.2. The zero-order valence-electron chi connectivity index (χ0n) is 27.3. The number of benzene rings is 5. The van der Waals surface area contributed by atoms with E-state index >= 15 is 0 Å². The lowest BCUT2D eigenvalue weighted by Gasteiger charge is -2.11. The SMILES string of the molecule is C#Cc1c2ccc(C#Cc3ccc(CCCCCC)cc3)cc2c(C#C)c2ccc(C#Cc3ccc(CCCCCC)cc3)cc12. The van der Waals surface area contributed by atoms with Crippen LogP contribution in [0, 0.1) is 48.4 Å². The zero-order chi connectivity index (χ0) is 32.1. The molecule has 0 radical (unpaired) electrons. The van der Waals surface area contributed by atoms with Gasteiger partial charge in [-0.15, -0.1) is 12.8 Å². The smallest absolute Gasteiger partial charge is 0.0400 e. The molecule has 0 fully saturated rings. The molecule has 5 rings (SSSR count). The van der Waals surface area contributed by atoms with Gasteiger partial charge in [-0.25, -0.2) is 0 Å². The number of rotatable bonds is 10.